The van der Waals surface area contributed by atoms with Crippen LogP contribution in [0, 0.1) is 0 Å². The summed E-state index contributed by atoms with van der Waals surface area (Å²) in [5.41, 5.74) is 0.959. The second-order valence-corrected chi connectivity index (χ2v) is 6.51. The van der Waals surface area contributed by atoms with Crippen LogP contribution < -0.4 is 14.8 Å². The molecule has 1 fully saturated rings. The molecule has 0 radical (unpaired) electrons. The standard InChI is InChI=1S/C21H25NO4/c1-15(22-21(23)12-10-17-8-5-13-25-17)16-9-11-19(20(14-16)24-2)26-18-6-3-4-7-18/h5,8-15,18H,3-4,6-7H2,1-2H3,(H,22,23)/b12-10+. The number of carbonyl (C=O) groups excluding carboxylic acids is 1. The van der Waals surface area contributed by atoms with Crippen molar-refractivity contribution in [2.45, 2.75) is 44.8 Å². The third-order valence-corrected chi connectivity index (χ3v) is 4.58. The van der Waals surface area contributed by atoms with Gasteiger partial charge in [-0.25, -0.2) is 0 Å². The van der Waals surface area contributed by atoms with Crippen LogP contribution in [0.5, 0.6) is 11.5 Å². The van der Waals surface area contributed by atoms with Crippen LogP contribution in [0.4, 0.5) is 0 Å². The molecular weight excluding hydrogens is 330 g/mol. The number of methoxy groups -OCH3 is 1. The fourth-order valence-electron chi connectivity index (χ4n) is 3.13. The lowest BCUT2D eigenvalue weighted by molar-refractivity contribution is -0.117. The average molecular weight is 355 g/mol. The van der Waals surface area contributed by atoms with Crippen LogP contribution in [-0.2, 0) is 4.79 Å². The molecule has 0 aliphatic heterocycles. The van der Waals surface area contributed by atoms with Crippen molar-refractivity contribution in [1.29, 1.82) is 0 Å². The molecule has 1 aromatic heterocycles. The van der Waals surface area contributed by atoms with Gasteiger partial charge in [0.25, 0.3) is 0 Å². The van der Waals surface area contributed by atoms with E-state index in [4.69, 9.17) is 13.9 Å². The van der Waals surface area contributed by atoms with E-state index in [9.17, 15) is 4.79 Å². The van der Waals surface area contributed by atoms with E-state index in [1.54, 1.807) is 31.6 Å². The molecule has 2 aromatic rings. The normalized spacial score (nSPS) is 15.9. The Morgan fingerprint density at radius 1 is 1.27 bits per heavy atom. The summed E-state index contributed by atoms with van der Waals surface area (Å²) in [6.07, 6.45) is 9.59. The number of furan rings is 1. The van der Waals surface area contributed by atoms with Crippen LogP contribution in [-0.4, -0.2) is 19.1 Å². The molecule has 1 unspecified atom stereocenters. The Labute approximate surface area is 154 Å². The quantitative estimate of drug-likeness (QED) is 0.743. The second kappa shape index (κ2) is 8.61. The Hall–Kier alpha value is -2.69. The number of hydrogen-bond acceptors (Lipinski definition) is 4. The molecule has 5 heteroatoms. The number of benzene rings is 1. The van der Waals surface area contributed by atoms with Gasteiger partial charge < -0.3 is 19.2 Å². The zero-order chi connectivity index (χ0) is 18.4. The minimum atomic E-state index is -0.181. The molecule has 1 amide bonds. The Kier molecular flexibility index (Phi) is 6.00. The summed E-state index contributed by atoms with van der Waals surface area (Å²) < 4.78 is 16.7. The zero-order valence-electron chi connectivity index (χ0n) is 15.2. The van der Waals surface area contributed by atoms with Crippen molar-refractivity contribution in [3.05, 3.63) is 54.0 Å². The van der Waals surface area contributed by atoms with Crippen molar-refractivity contribution in [2.75, 3.05) is 7.11 Å². The fourth-order valence-corrected chi connectivity index (χ4v) is 3.13. The molecule has 1 saturated carbocycles. The molecule has 1 heterocycles. The van der Waals surface area contributed by atoms with Gasteiger partial charge in [-0.1, -0.05) is 6.07 Å². The smallest absolute Gasteiger partial charge is 0.244 e. The highest BCUT2D eigenvalue weighted by Crippen LogP contribution is 2.33. The zero-order valence-corrected chi connectivity index (χ0v) is 15.2. The van der Waals surface area contributed by atoms with E-state index in [-0.39, 0.29) is 18.1 Å². The van der Waals surface area contributed by atoms with E-state index in [1.165, 1.54) is 18.9 Å². The topological polar surface area (TPSA) is 60.7 Å². The Morgan fingerprint density at radius 2 is 2.08 bits per heavy atom. The minimum absolute atomic E-state index is 0.154. The van der Waals surface area contributed by atoms with Gasteiger partial charge in [-0.05, 0) is 68.5 Å². The number of carbonyl (C=O) groups is 1. The van der Waals surface area contributed by atoms with E-state index < -0.39 is 0 Å². The Balaban J connectivity index is 1.62. The maximum absolute atomic E-state index is 12.1. The molecule has 0 bridgehead atoms. The second-order valence-electron chi connectivity index (χ2n) is 6.51. The summed E-state index contributed by atoms with van der Waals surface area (Å²) >= 11 is 0. The first-order valence-corrected chi connectivity index (χ1v) is 9.02. The van der Waals surface area contributed by atoms with Gasteiger partial charge in [0.05, 0.1) is 25.5 Å². The van der Waals surface area contributed by atoms with E-state index >= 15 is 0 Å². The molecule has 1 aliphatic rings. The van der Waals surface area contributed by atoms with Gasteiger partial charge >= 0.3 is 0 Å². The molecule has 1 aromatic carbocycles. The van der Waals surface area contributed by atoms with Crippen molar-refractivity contribution in [2.24, 2.45) is 0 Å². The van der Waals surface area contributed by atoms with Crippen LogP contribution in [0.3, 0.4) is 0 Å². The average Bonchev–Trinajstić information content (AvgIpc) is 3.34. The summed E-state index contributed by atoms with van der Waals surface area (Å²) in [4.78, 5) is 12.1. The number of rotatable bonds is 7. The van der Waals surface area contributed by atoms with Crippen LogP contribution in [0.2, 0.25) is 0 Å². The van der Waals surface area contributed by atoms with Gasteiger partial charge in [0.15, 0.2) is 11.5 Å². The maximum Gasteiger partial charge on any atom is 0.244 e. The molecular formula is C21H25NO4. The third-order valence-electron chi connectivity index (χ3n) is 4.58. The van der Waals surface area contributed by atoms with Crippen molar-refractivity contribution >= 4 is 12.0 Å². The minimum Gasteiger partial charge on any atom is -0.493 e. The van der Waals surface area contributed by atoms with Gasteiger partial charge in [0.1, 0.15) is 5.76 Å². The molecule has 3 rings (SSSR count). The Bertz CT molecular complexity index is 745. The van der Waals surface area contributed by atoms with Crippen molar-refractivity contribution in [3.63, 3.8) is 0 Å². The lowest BCUT2D eigenvalue weighted by Crippen LogP contribution is -2.24. The van der Waals surface area contributed by atoms with E-state index in [0.717, 1.165) is 24.2 Å². The predicted octanol–water partition coefficient (Wildman–Crippen LogP) is 4.50. The molecule has 0 spiro atoms. The molecule has 0 saturated heterocycles. The van der Waals surface area contributed by atoms with Gasteiger partial charge in [-0.2, -0.15) is 0 Å². The third kappa shape index (κ3) is 4.69. The molecule has 1 atom stereocenters. The highest BCUT2D eigenvalue weighted by atomic mass is 16.5. The summed E-state index contributed by atoms with van der Waals surface area (Å²) in [6, 6.07) is 9.23. The summed E-state index contributed by atoms with van der Waals surface area (Å²) in [6.45, 7) is 1.94. The van der Waals surface area contributed by atoms with Gasteiger partial charge in [-0.15, -0.1) is 0 Å². The van der Waals surface area contributed by atoms with Crippen molar-refractivity contribution in [1.82, 2.24) is 5.32 Å². The lowest BCUT2D eigenvalue weighted by atomic mass is 10.1. The van der Waals surface area contributed by atoms with E-state index in [1.807, 2.05) is 25.1 Å². The molecule has 5 nitrogen and oxygen atoms in total. The van der Waals surface area contributed by atoms with Gasteiger partial charge in [-0.3, -0.25) is 4.79 Å². The van der Waals surface area contributed by atoms with Gasteiger partial charge in [0, 0.05) is 6.08 Å². The summed E-state index contributed by atoms with van der Waals surface area (Å²) in [5, 5.41) is 2.94. The molecule has 1 aliphatic carbocycles. The molecule has 26 heavy (non-hydrogen) atoms. The van der Waals surface area contributed by atoms with Crippen molar-refractivity contribution < 1.29 is 18.7 Å². The van der Waals surface area contributed by atoms with E-state index in [0.29, 0.717) is 11.5 Å². The Morgan fingerprint density at radius 3 is 2.77 bits per heavy atom. The highest BCUT2D eigenvalue weighted by molar-refractivity contribution is 5.91. The largest absolute Gasteiger partial charge is 0.493 e. The highest BCUT2D eigenvalue weighted by Gasteiger charge is 2.19. The predicted molar refractivity (Wildman–Crippen MR) is 100 cm³/mol. The first kappa shape index (κ1) is 18.1. The van der Waals surface area contributed by atoms with Gasteiger partial charge in [0.2, 0.25) is 5.91 Å². The summed E-state index contributed by atoms with van der Waals surface area (Å²) in [7, 11) is 1.63. The van der Waals surface area contributed by atoms with E-state index in [2.05, 4.69) is 5.32 Å². The number of ether oxygens (including phenoxy) is 2. The van der Waals surface area contributed by atoms with Crippen LogP contribution in [0.1, 0.15) is 50.0 Å². The lowest BCUT2D eigenvalue weighted by Gasteiger charge is -2.19. The number of amides is 1. The van der Waals surface area contributed by atoms with Crippen LogP contribution in [0.25, 0.3) is 6.08 Å². The number of nitrogens with one attached hydrogen (secondary N) is 1. The fraction of sp³-hybridized carbons (Fsp3) is 0.381. The SMILES string of the molecule is COc1cc(C(C)NC(=O)/C=C/c2ccco2)ccc1OC1CCCC1. The monoisotopic (exact) mass is 355 g/mol. The maximum atomic E-state index is 12.1. The van der Waals surface area contributed by atoms with Crippen LogP contribution >= 0.6 is 0 Å². The first-order chi connectivity index (χ1) is 12.7. The first-order valence-electron chi connectivity index (χ1n) is 9.02. The molecule has 138 valence electrons. The van der Waals surface area contributed by atoms with Crippen molar-refractivity contribution in [3.8, 4) is 11.5 Å². The number of hydrogen-bond donors (Lipinski definition) is 1. The van der Waals surface area contributed by atoms with Crippen LogP contribution in [0.15, 0.2) is 47.1 Å². The molecule has 1 N–H and O–H groups in total. The summed E-state index contributed by atoms with van der Waals surface area (Å²) in [5.74, 6) is 1.92.